The average molecular weight is 302 g/mol. The lowest BCUT2D eigenvalue weighted by Gasteiger charge is -2.26. The van der Waals surface area contributed by atoms with E-state index in [1.807, 2.05) is 0 Å². The zero-order chi connectivity index (χ0) is 14.0. The van der Waals surface area contributed by atoms with E-state index in [0.29, 0.717) is 23.2 Å². The van der Waals surface area contributed by atoms with Gasteiger partial charge in [-0.1, -0.05) is 18.2 Å². The molecular formula is C11H18N4O2S2. The van der Waals surface area contributed by atoms with Crippen LogP contribution in [0.5, 0.6) is 0 Å². The Morgan fingerprint density at radius 3 is 2.47 bits per heavy atom. The molecule has 19 heavy (non-hydrogen) atoms. The lowest BCUT2D eigenvalue weighted by atomic mass is 10.00. The minimum absolute atomic E-state index is 0.203. The van der Waals surface area contributed by atoms with Crippen LogP contribution in [-0.4, -0.2) is 35.1 Å². The van der Waals surface area contributed by atoms with Gasteiger partial charge in [-0.25, -0.2) is 18.4 Å². The molecule has 4 N–H and O–H groups in total. The SMILES string of the molecule is CS(=O)(=O)C1CCCC(Sc2nc(N)cc(N)n2)C1. The van der Waals surface area contributed by atoms with Crippen molar-refractivity contribution in [3.05, 3.63) is 6.07 Å². The summed E-state index contributed by atoms with van der Waals surface area (Å²) < 4.78 is 23.2. The number of rotatable bonds is 3. The lowest BCUT2D eigenvalue weighted by Crippen LogP contribution is -2.28. The molecule has 0 radical (unpaired) electrons. The standard InChI is InChI=1S/C11H18N4O2S2/c1-19(16,17)8-4-2-3-7(5-8)18-11-14-9(12)6-10(13)15-11/h6-8H,2-5H2,1H3,(H4,12,13,14,15). The van der Waals surface area contributed by atoms with Crippen LogP contribution >= 0.6 is 11.8 Å². The zero-order valence-corrected chi connectivity index (χ0v) is 12.4. The van der Waals surface area contributed by atoms with Gasteiger partial charge in [0.05, 0.1) is 5.25 Å². The quantitative estimate of drug-likeness (QED) is 0.804. The maximum absolute atomic E-state index is 11.6. The number of nitrogen functional groups attached to an aromatic ring is 2. The smallest absolute Gasteiger partial charge is 0.191 e. The van der Waals surface area contributed by atoms with Gasteiger partial charge >= 0.3 is 0 Å². The summed E-state index contributed by atoms with van der Waals surface area (Å²) in [5, 5.41) is 0.475. The Morgan fingerprint density at radius 1 is 1.26 bits per heavy atom. The van der Waals surface area contributed by atoms with E-state index in [1.54, 1.807) is 0 Å². The summed E-state index contributed by atoms with van der Waals surface area (Å²) in [4.78, 5) is 8.23. The first kappa shape index (κ1) is 14.4. The van der Waals surface area contributed by atoms with Crippen molar-refractivity contribution in [1.29, 1.82) is 0 Å². The van der Waals surface area contributed by atoms with E-state index in [1.165, 1.54) is 24.1 Å². The van der Waals surface area contributed by atoms with Crippen LogP contribution in [0.4, 0.5) is 11.6 Å². The first-order valence-corrected chi connectivity index (χ1v) is 8.93. The molecule has 1 aliphatic carbocycles. The largest absolute Gasteiger partial charge is 0.383 e. The molecule has 1 aliphatic rings. The second-order valence-electron chi connectivity index (χ2n) is 4.86. The minimum atomic E-state index is -2.97. The van der Waals surface area contributed by atoms with Crippen LogP contribution in [0.25, 0.3) is 0 Å². The first-order valence-electron chi connectivity index (χ1n) is 6.10. The van der Waals surface area contributed by atoms with E-state index in [9.17, 15) is 8.42 Å². The molecule has 0 amide bonds. The number of nitrogens with zero attached hydrogens (tertiary/aromatic N) is 2. The van der Waals surface area contributed by atoms with Crippen molar-refractivity contribution < 1.29 is 8.42 Å². The summed E-state index contributed by atoms with van der Waals surface area (Å²) in [6.07, 6.45) is 4.57. The fourth-order valence-corrected chi connectivity index (χ4v) is 4.79. The molecule has 0 aliphatic heterocycles. The second-order valence-corrected chi connectivity index (χ2v) is 8.45. The Balaban J connectivity index is 2.06. The van der Waals surface area contributed by atoms with Crippen LogP contribution in [0.1, 0.15) is 25.7 Å². The molecule has 2 atom stereocenters. The van der Waals surface area contributed by atoms with Crippen molar-refractivity contribution in [3.63, 3.8) is 0 Å². The summed E-state index contributed by atoms with van der Waals surface area (Å²) >= 11 is 1.47. The van der Waals surface area contributed by atoms with Crippen molar-refractivity contribution >= 4 is 33.2 Å². The summed E-state index contributed by atoms with van der Waals surface area (Å²) in [6, 6.07) is 1.50. The van der Waals surface area contributed by atoms with E-state index < -0.39 is 9.84 Å². The topological polar surface area (TPSA) is 112 Å². The first-order chi connectivity index (χ1) is 8.84. The van der Waals surface area contributed by atoms with Gasteiger partial charge in [-0.05, 0) is 19.3 Å². The molecule has 6 nitrogen and oxygen atoms in total. The molecule has 1 fully saturated rings. The highest BCUT2D eigenvalue weighted by molar-refractivity contribution is 7.99. The highest BCUT2D eigenvalue weighted by Crippen LogP contribution is 2.34. The van der Waals surface area contributed by atoms with Crippen LogP contribution in [0.3, 0.4) is 0 Å². The molecule has 1 heterocycles. The van der Waals surface area contributed by atoms with Crippen molar-refractivity contribution in [2.24, 2.45) is 0 Å². The van der Waals surface area contributed by atoms with Crippen molar-refractivity contribution in [2.45, 2.75) is 41.3 Å². The number of aromatic nitrogens is 2. The molecule has 1 saturated carbocycles. The zero-order valence-electron chi connectivity index (χ0n) is 10.7. The Morgan fingerprint density at radius 2 is 1.89 bits per heavy atom. The van der Waals surface area contributed by atoms with Gasteiger partial charge in [0.1, 0.15) is 21.5 Å². The molecule has 0 aromatic carbocycles. The molecule has 1 aromatic heterocycles. The molecule has 1 aromatic rings. The van der Waals surface area contributed by atoms with Crippen LogP contribution in [0, 0.1) is 0 Å². The molecule has 106 valence electrons. The molecule has 0 spiro atoms. The molecule has 0 saturated heterocycles. The van der Waals surface area contributed by atoms with E-state index in [-0.39, 0.29) is 10.5 Å². The maximum atomic E-state index is 11.6. The minimum Gasteiger partial charge on any atom is -0.383 e. The van der Waals surface area contributed by atoms with Gasteiger partial charge in [-0.2, -0.15) is 0 Å². The number of hydrogen-bond acceptors (Lipinski definition) is 7. The molecule has 2 unspecified atom stereocenters. The van der Waals surface area contributed by atoms with Gasteiger partial charge in [0, 0.05) is 17.6 Å². The molecule has 0 bridgehead atoms. The normalized spacial score (nSPS) is 24.3. The maximum Gasteiger partial charge on any atom is 0.191 e. The third kappa shape index (κ3) is 3.97. The molecular weight excluding hydrogens is 284 g/mol. The lowest BCUT2D eigenvalue weighted by molar-refractivity contribution is 0.494. The second kappa shape index (κ2) is 5.54. The van der Waals surface area contributed by atoms with Crippen molar-refractivity contribution in [1.82, 2.24) is 9.97 Å². The average Bonchev–Trinajstić information content (AvgIpc) is 2.26. The van der Waals surface area contributed by atoms with Crippen molar-refractivity contribution in [3.8, 4) is 0 Å². The summed E-state index contributed by atoms with van der Waals surface area (Å²) in [5.41, 5.74) is 11.2. The molecule has 8 heteroatoms. The van der Waals surface area contributed by atoms with Gasteiger partial charge in [-0.15, -0.1) is 0 Å². The number of thioether (sulfide) groups is 1. The van der Waals surface area contributed by atoms with E-state index in [0.717, 1.165) is 19.3 Å². The third-order valence-electron chi connectivity index (χ3n) is 3.20. The number of sulfone groups is 1. The Bertz CT molecular complexity index is 542. The van der Waals surface area contributed by atoms with E-state index in [2.05, 4.69) is 9.97 Å². The third-order valence-corrected chi connectivity index (χ3v) is 5.99. The van der Waals surface area contributed by atoms with E-state index in [4.69, 9.17) is 11.5 Å². The Kier molecular flexibility index (Phi) is 4.19. The predicted molar refractivity (Wildman–Crippen MR) is 77.6 cm³/mol. The highest BCUT2D eigenvalue weighted by atomic mass is 32.2. The summed E-state index contributed by atoms with van der Waals surface area (Å²) in [5.74, 6) is 0.677. The van der Waals surface area contributed by atoms with Crippen molar-refractivity contribution in [2.75, 3.05) is 17.7 Å². The van der Waals surface area contributed by atoms with Gasteiger partial charge in [0.2, 0.25) is 0 Å². The van der Waals surface area contributed by atoms with Crippen LogP contribution in [-0.2, 0) is 9.84 Å². The van der Waals surface area contributed by atoms with Gasteiger partial charge < -0.3 is 11.5 Å². The van der Waals surface area contributed by atoms with Crippen LogP contribution in [0.15, 0.2) is 11.2 Å². The monoisotopic (exact) mass is 302 g/mol. The number of nitrogens with two attached hydrogens (primary N) is 2. The Hall–Kier alpha value is -1.02. The fraction of sp³-hybridized carbons (Fsp3) is 0.636. The van der Waals surface area contributed by atoms with E-state index >= 15 is 0 Å². The van der Waals surface area contributed by atoms with Gasteiger partial charge in [0.25, 0.3) is 0 Å². The summed E-state index contributed by atoms with van der Waals surface area (Å²) in [7, 11) is -2.97. The predicted octanol–water partition coefficient (Wildman–Crippen LogP) is 1.09. The summed E-state index contributed by atoms with van der Waals surface area (Å²) in [6.45, 7) is 0. The highest BCUT2D eigenvalue weighted by Gasteiger charge is 2.29. The Labute approximate surface area is 117 Å². The van der Waals surface area contributed by atoms with Gasteiger partial charge in [0.15, 0.2) is 5.16 Å². The number of hydrogen-bond donors (Lipinski definition) is 2. The molecule has 2 rings (SSSR count). The van der Waals surface area contributed by atoms with Crippen LogP contribution in [0.2, 0.25) is 0 Å². The van der Waals surface area contributed by atoms with Crippen LogP contribution < -0.4 is 11.5 Å². The number of anilines is 2. The fourth-order valence-electron chi connectivity index (χ4n) is 2.26. The van der Waals surface area contributed by atoms with Gasteiger partial charge in [-0.3, -0.25) is 0 Å².